The quantitative estimate of drug-likeness (QED) is 0.766. The summed E-state index contributed by atoms with van der Waals surface area (Å²) >= 11 is 0. The van der Waals surface area contributed by atoms with E-state index in [2.05, 4.69) is 15.5 Å². The Balaban J connectivity index is 1.90. The van der Waals surface area contributed by atoms with Crippen LogP contribution in [-0.4, -0.2) is 20.7 Å². The second-order valence-corrected chi connectivity index (χ2v) is 4.90. The van der Waals surface area contributed by atoms with Gasteiger partial charge in [0, 0.05) is 35.9 Å². The number of aryl methyl sites for hydroxylation is 1. The summed E-state index contributed by atoms with van der Waals surface area (Å²) in [5.41, 5.74) is 2.70. The third-order valence-corrected chi connectivity index (χ3v) is 3.51. The Kier molecular flexibility index (Phi) is 3.02. The molecule has 0 saturated heterocycles. The molecule has 20 heavy (non-hydrogen) atoms. The number of nitrogens with zero attached hydrogens (tertiary/aromatic N) is 2. The van der Waals surface area contributed by atoms with Crippen molar-refractivity contribution >= 4 is 16.8 Å². The molecule has 0 aliphatic rings. The largest absolute Gasteiger partial charge is 0.350 e. The van der Waals surface area contributed by atoms with Gasteiger partial charge in [-0.25, -0.2) is 0 Å². The van der Waals surface area contributed by atoms with Crippen LogP contribution in [0.2, 0.25) is 0 Å². The molecule has 0 bridgehead atoms. The summed E-state index contributed by atoms with van der Waals surface area (Å²) in [6, 6.07) is 7.80. The number of para-hydroxylation sites is 1. The fourth-order valence-corrected chi connectivity index (χ4v) is 2.38. The molecule has 2 aromatic heterocycles. The Labute approximate surface area is 116 Å². The van der Waals surface area contributed by atoms with E-state index in [9.17, 15) is 4.79 Å². The topological polar surface area (TPSA) is 62.7 Å². The number of hydrogen-bond acceptors (Lipinski definition) is 2. The minimum atomic E-state index is -0.0831. The first-order valence-electron chi connectivity index (χ1n) is 6.50. The molecular weight excluding hydrogens is 252 g/mol. The van der Waals surface area contributed by atoms with Gasteiger partial charge in [-0.15, -0.1) is 0 Å². The Morgan fingerprint density at radius 2 is 2.20 bits per heavy atom. The molecule has 5 heteroatoms. The van der Waals surface area contributed by atoms with Crippen molar-refractivity contribution in [3.8, 4) is 0 Å². The van der Waals surface area contributed by atoms with Crippen molar-refractivity contribution in [2.45, 2.75) is 13.0 Å². The lowest BCUT2D eigenvalue weighted by molar-refractivity contribution is 0.0941. The summed E-state index contributed by atoms with van der Waals surface area (Å²) in [4.78, 5) is 12.4. The summed E-state index contributed by atoms with van der Waals surface area (Å²) in [7, 11) is 1.94. The minimum absolute atomic E-state index is 0.0736. The third-order valence-electron chi connectivity index (χ3n) is 3.51. The maximum Gasteiger partial charge on any atom is 0.253 e. The lowest BCUT2D eigenvalue weighted by Crippen LogP contribution is -2.26. The van der Waals surface area contributed by atoms with Crippen molar-refractivity contribution in [1.82, 2.24) is 20.1 Å². The van der Waals surface area contributed by atoms with Gasteiger partial charge in [-0.05, 0) is 13.0 Å². The average Bonchev–Trinajstić information content (AvgIpc) is 3.07. The number of benzene rings is 1. The fraction of sp³-hybridized carbons (Fsp3) is 0.200. The normalized spacial score (nSPS) is 12.5. The van der Waals surface area contributed by atoms with E-state index in [0.29, 0.717) is 5.56 Å². The molecule has 3 rings (SSSR count). The molecule has 0 radical (unpaired) electrons. The summed E-state index contributed by atoms with van der Waals surface area (Å²) in [6.07, 6.45) is 5.37. The first kappa shape index (κ1) is 12.5. The average molecular weight is 268 g/mol. The van der Waals surface area contributed by atoms with Crippen LogP contribution in [0.4, 0.5) is 0 Å². The number of amides is 1. The fourth-order valence-electron chi connectivity index (χ4n) is 2.38. The van der Waals surface area contributed by atoms with E-state index in [-0.39, 0.29) is 11.9 Å². The van der Waals surface area contributed by atoms with E-state index in [0.717, 1.165) is 16.5 Å². The van der Waals surface area contributed by atoms with Crippen molar-refractivity contribution in [2.75, 3.05) is 0 Å². The Morgan fingerprint density at radius 3 is 2.95 bits per heavy atom. The van der Waals surface area contributed by atoms with E-state index in [1.165, 1.54) is 0 Å². The van der Waals surface area contributed by atoms with Gasteiger partial charge < -0.3 is 9.88 Å². The van der Waals surface area contributed by atoms with Gasteiger partial charge in [-0.3, -0.25) is 9.89 Å². The van der Waals surface area contributed by atoms with Gasteiger partial charge in [-0.1, -0.05) is 18.2 Å². The number of H-pyrrole nitrogens is 1. The smallest absolute Gasteiger partial charge is 0.253 e. The van der Waals surface area contributed by atoms with Gasteiger partial charge in [0.1, 0.15) is 0 Å². The van der Waals surface area contributed by atoms with Gasteiger partial charge in [0.05, 0.1) is 17.8 Å². The van der Waals surface area contributed by atoms with Crippen LogP contribution in [0, 0.1) is 0 Å². The van der Waals surface area contributed by atoms with Crippen LogP contribution < -0.4 is 5.32 Å². The Morgan fingerprint density at radius 1 is 1.40 bits per heavy atom. The number of hydrogen-bond donors (Lipinski definition) is 2. The standard InChI is InChI=1S/C15H16N4O/c1-10(11-7-16-17-8-11)18-15(20)13-9-19(2)14-6-4-3-5-12(13)14/h3-10H,1-2H3,(H,16,17)(H,18,20). The van der Waals surface area contributed by atoms with Crippen molar-refractivity contribution < 1.29 is 4.79 Å². The minimum Gasteiger partial charge on any atom is -0.350 e. The van der Waals surface area contributed by atoms with Crippen LogP contribution in [0.25, 0.3) is 10.9 Å². The van der Waals surface area contributed by atoms with Crippen LogP contribution in [0.15, 0.2) is 42.9 Å². The zero-order valence-corrected chi connectivity index (χ0v) is 11.4. The summed E-state index contributed by atoms with van der Waals surface area (Å²) in [6.45, 7) is 1.94. The number of carbonyl (C=O) groups excluding carboxylic acids is 1. The van der Waals surface area contributed by atoms with Crippen LogP contribution in [0.3, 0.4) is 0 Å². The highest BCUT2D eigenvalue weighted by Crippen LogP contribution is 2.21. The van der Waals surface area contributed by atoms with E-state index in [4.69, 9.17) is 0 Å². The summed E-state index contributed by atoms with van der Waals surface area (Å²) in [5, 5.41) is 10.6. The van der Waals surface area contributed by atoms with E-state index >= 15 is 0 Å². The molecule has 1 atom stereocenters. The predicted octanol–water partition coefficient (Wildman–Crippen LogP) is 2.39. The highest BCUT2D eigenvalue weighted by atomic mass is 16.1. The SMILES string of the molecule is CC(NC(=O)c1cn(C)c2ccccc12)c1cn[nH]c1. The molecule has 0 spiro atoms. The lowest BCUT2D eigenvalue weighted by atomic mass is 10.1. The molecule has 1 amide bonds. The number of nitrogens with one attached hydrogen (secondary N) is 2. The maximum atomic E-state index is 12.4. The summed E-state index contributed by atoms with van der Waals surface area (Å²) < 4.78 is 1.97. The van der Waals surface area contributed by atoms with Crippen molar-refractivity contribution in [3.63, 3.8) is 0 Å². The number of fused-ring (bicyclic) bond motifs is 1. The first-order valence-corrected chi connectivity index (χ1v) is 6.50. The van der Waals surface area contributed by atoms with Gasteiger partial charge in [0.25, 0.3) is 5.91 Å². The molecule has 0 saturated carbocycles. The molecule has 2 N–H and O–H groups in total. The maximum absolute atomic E-state index is 12.4. The number of carbonyl (C=O) groups is 1. The van der Waals surface area contributed by atoms with Crippen LogP contribution in [0.1, 0.15) is 28.9 Å². The first-order chi connectivity index (χ1) is 9.66. The second-order valence-electron chi connectivity index (χ2n) is 4.90. The lowest BCUT2D eigenvalue weighted by Gasteiger charge is -2.11. The molecule has 2 heterocycles. The number of rotatable bonds is 3. The molecule has 1 aromatic carbocycles. The van der Waals surface area contributed by atoms with Gasteiger partial charge >= 0.3 is 0 Å². The van der Waals surface area contributed by atoms with Crippen LogP contribution in [-0.2, 0) is 7.05 Å². The van der Waals surface area contributed by atoms with Gasteiger partial charge in [0.2, 0.25) is 0 Å². The zero-order chi connectivity index (χ0) is 14.1. The van der Waals surface area contributed by atoms with E-state index < -0.39 is 0 Å². The molecular formula is C15H16N4O. The molecule has 3 aromatic rings. The predicted molar refractivity (Wildman–Crippen MR) is 77.4 cm³/mol. The second kappa shape index (κ2) is 4.85. The molecule has 102 valence electrons. The molecule has 0 fully saturated rings. The van der Waals surface area contributed by atoms with Gasteiger partial charge in [-0.2, -0.15) is 5.10 Å². The van der Waals surface area contributed by atoms with Crippen molar-refractivity contribution in [2.24, 2.45) is 7.05 Å². The van der Waals surface area contributed by atoms with E-state index in [1.54, 1.807) is 12.4 Å². The Hall–Kier alpha value is -2.56. The van der Waals surface area contributed by atoms with Crippen LogP contribution >= 0.6 is 0 Å². The van der Waals surface area contributed by atoms with Crippen molar-refractivity contribution in [1.29, 1.82) is 0 Å². The molecule has 0 aliphatic carbocycles. The third kappa shape index (κ3) is 2.07. The number of aromatic nitrogens is 3. The van der Waals surface area contributed by atoms with Crippen molar-refractivity contribution in [3.05, 3.63) is 54.0 Å². The Bertz CT molecular complexity index is 742. The highest BCUT2D eigenvalue weighted by molar-refractivity contribution is 6.07. The van der Waals surface area contributed by atoms with Gasteiger partial charge in [0.15, 0.2) is 0 Å². The van der Waals surface area contributed by atoms with Crippen LogP contribution in [0.5, 0.6) is 0 Å². The monoisotopic (exact) mass is 268 g/mol. The highest BCUT2D eigenvalue weighted by Gasteiger charge is 2.16. The van der Waals surface area contributed by atoms with E-state index in [1.807, 2.05) is 49.0 Å². The number of aromatic amines is 1. The molecule has 5 nitrogen and oxygen atoms in total. The molecule has 1 unspecified atom stereocenters. The molecule has 0 aliphatic heterocycles. The zero-order valence-electron chi connectivity index (χ0n) is 11.4. The summed E-state index contributed by atoms with van der Waals surface area (Å²) in [5.74, 6) is -0.0736.